The Labute approximate surface area is 198 Å². The van der Waals surface area contributed by atoms with Crippen LogP contribution in [0.15, 0.2) is 95.3 Å². The lowest BCUT2D eigenvalue weighted by Crippen LogP contribution is -2.42. The molecular formula is C29H25N3O2. The van der Waals surface area contributed by atoms with E-state index in [0.29, 0.717) is 23.1 Å². The van der Waals surface area contributed by atoms with Gasteiger partial charge < -0.3 is 0 Å². The van der Waals surface area contributed by atoms with E-state index in [1.54, 1.807) is 10.7 Å². The largest absolute Gasteiger partial charge is 0.292 e. The second-order valence-corrected chi connectivity index (χ2v) is 9.14. The van der Waals surface area contributed by atoms with Crippen molar-refractivity contribution in [1.29, 1.82) is 0 Å². The molecule has 34 heavy (non-hydrogen) atoms. The Hall–Kier alpha value is -3.99. The maximum atomic E-state index is 14.1. The Morgan fingerprint density at radius 3 is 2.35 bits per heavy atom. The van der Waals surface area contributed by atoms with Crippen LogP contribution in [0, 0.1) is 6.92 Å². The average Bonchev–Trinajstić information content (AvgIpc) is 3.51. The molecule has 0 bridgehead atoms. The highest BCUT2D eigenvalue weighted by molar-refractivity contribution is 6.11. The van der Waals surface area contributed by atoms with E-state index < -0.39 is 5.54 Å². The summed E-state index contributed by atoms with van der Waals surface area (Å²) in [5.74, 6) is 0.699. The Morgan fingerprint density at radius 2 is 1.59 bits per heavy atom. The standard InChI is InChI=1S/C29H25N3O2/c1-20-30-25-17-9-8-16-24(25)28(34)31(20)32-26(22-13-6-3-7-14-22)29(32)18-10-15-23(27(29)33)19-21-11-4-2-5-12-21/h2-9,11-14,16-17,19,26H,10,15,18H2,1H3/b23-19-/t26-,29+,32?/m0/s1. The van der Waals surface area contributed by atoms with E-state index in [9.17, 15) is 9.59 Å². The van der Waals surface area contributed by atoms with Gasteiger partial charge in [-0.25, -0.2) is 9.66 Å². The molecule has 2 aliphatic rings. The SMILES string of the molecule is Cc1nc2ccccc2c(=O)n1N1[C@@H](c2ccccc2)[C@@]12CCC/C(=C/c1ccccc1)C2=O. The lowest BCUT2D eigenvalue weighted by atomic mass is 9.79. The summed E-state index contributed by atoms with van der Waals surface area (Å²) in [7, 11) is 0. The van der Waals surface area contributed by atoms with E-state index in [4.69, 9.17) is 4.98 Å². The van der Waals surface area contributed by atoms with Crippen molar-refractivity contribution in [2.24, 2.45) is 0 Å². The van der Waals surface area contributed by atoms with Gasteiger partial charge in [-0.15, -0.1) is 0 Å². The first kappa shape index (κ1) is 20.6. The quantitative estimate of drug-likeness (QED) is 0.329. The van der Waals surface area contributed by atoms with Crippen molar-refractivity contribution in [2.45, 2.75) is 37.8 Å². The van der Waals surface area contributed by atoms with Crippen LogP contribution in [-0.4, -0.2) is 21.0 Å². The van der Waals surface area contributed by atoms with Crippen LogP contribution < -0.4 is 10.6 Å². The number of Topliss-reactive ketones (excluding diaryl/α,β-unsaturated/α-hetero) is 1. The van der Waals surface area contributed by atoms with Gasteiger partial charge in [0.2, 0.25) is 0 Å². The van der Waals surface area contributed by atoms with E-state index in [1.807, 2.05) is 96.9 Å². The molecule has 1 aromatic heterocycles. The molecule has 0 radical (unpaired) electrons. The Bertz CT molecular complexity index is 1490. The number of hydrogen-bond donors (Lipinski definition) is 0. The number of nitrogens with zero attached hydrogens (tertiary/aromatic N) is 3. The van der Waals surface area contributed by atoms with Crippen LogP contribution in [0.4, 0.5) is 0 Å². The van der Waals surface area contributed by atoms with Crippen molar-refractivity contribution in [3.63, 3.8) is 0 Å². The van der Waals surface area contributed by atoms with Crippen LogP contribution in [0.2, 0.25) is 0 Å². The van der Waals surface area contributed by atoms with Crippen molar-refractivity contribution in [2.75, 3.05) is 5.01 Å². The molecule has 1 saturated heterocycles. The molecule has 2 atom stereocenters. The van der Waals surface area contributed by atoms with Gasteiger partial charge >= 0.3 is 0 Å². The maximum Gasteiger partial charge on any atom is 0.280 e. The van der Waals surface area contributed by atoms with Gasteiger partial charge in [0.25, 0.3) is 5.56 Å². The van der Waals surface area contributed by atoms with Crippen molar-refractivity contribution >= 4 is 22.8 Å². The molecule has 168 valence electrons. The highest BCUT2D eigenvalue weighted by Crippen LogP contribution is 2.58. The van der Waals surface area contributed by atoms with E-state index >= 15 is 0 Å². The number of aromatic nitrogens is 2. The van der Waals surface area contributed by atoms with Gasteiger partial charge in [0, 0.05) is 0 Å². The lowest BCUT2D eigenvalue weighted by Gasteiger charge is -2.25. The monoisotopic (exact) mass is 447 g/mol. The minimum Gasteiger partial charge on any atom is -0.292 e. The number of carbonyl (C=O) groups excluding carboxylic acids is 1. The van der Waals surface area contributed by atoms with Crippen LogP contribution in [0.5, 0.6) is 0 Å². The second-order valence-electron chi connectivity index (χ2n) is 9.14. The predicted octanol–water partition coefficient (Wildman–Crippen LogP) is 4.97. The molecule has 1 spiro atoms. The highest BCUT2D eigenvalue weighted by atomic mass is 16.2. The maximum absolute atomic E-state index is 14.1. The van der Waals surface area contributed by atoms with Gasteiger partial charge in [-0.1, -0.05) is 72.8 Å². The van der Waals surface area contributed by atoms with Crippen molar-refractivity contribution < 1.29 is 4.79 Å². The molecule has 0 unspecified atom stereocenters. The van der Waals surface area contributed by atoms with E-state index in [-0.39, 0.29) is 17.4 Å². The summed E-state index contributed by atoms with van der Waals surface area (Å²) >= 11 is 0. The normalized spacial score (nSPS) is 23.1. The van der Waals surface area contributed by atoms with Gasteiger partial charge in [0.15, 0.2) is 5.78 Å². The number of fused-ring (bicyclic) bond motifs is 1. The molecule has 2 fully saturated rings. The fourth-order valence-electron chi connectivity index (χ4n) is 5.57. The van der Waals surface area contributed by atoms with Gasteiger partial charge in [-0.2, -0.15) is 0 Å². The van der Waals surface area contributed by atoms with Gasteiger partial charge in [-0.3, -0.25) is 14.6 Å². The molecule has 2 heterocycles. The summed E-state index contributed by atoms with van der Waals surface area (Å²) in [6.45, 7) is 1.84. The molecule has 5 heteroatoms. The fraction of sp³-hybridized carbons (Fsp3) is 0.207. The summed E-state index contributed by atoms with van der Waals surface area (Å²) in [4.78, 5) is 32.5. The fourth-order valence-corrected chi connectivity index (χ4v) is 5.57. The zero-order chi connectivity index (χ0) is 23.3. The first-order chi connectivity index (χ1) is 16.6. The Kier molecular flexibility index (Phi) is 4.73. The highest BCUT2D eigenvalue weighted by Gasteiger charge is 2.70. The molecule has 5 nitrogen and oxygen atoms in total. The number of hydrogen-bond acceptors (Lipinski definition) is 4. The number of para-hydroxylation sites is 1. The number of ketones is 1. The minimum atomic E-state index is -0.779. The Morgan fingerprint density at radius 1 is 0.912 bits per heavy atom. The Balaban J connectivity index is 1.52. The zero-order valence-corrected chi connectivity index (χ0v) is 19.0. The summed E-state index contributed by atoms with van der Waals surface area (Å²) in [5.41, 5.74) is 2.64. The van der Waals surface area contributed by atoms with Gasteiger partial charge in [-0.05, 0) is 61.1 Å². The second kappa shape index (κ2) is 7.80. The van der Waals surface area contributed by atoms with Crippen LogP contribution in [-0.2, 0) is 4.79 Å². The van der Waals surface area contributed by atoms with Crippen LogP contribution in [0.25, 0.3) is 17.0 Å². The minimum absolute atomic E-state index is 0.107. The van der Waals surface area contributed by atoms with Crippen molar-refractivity contribution in [3.8, 4) is 0 Å². The lowest BCUT2D eigenvalue weighted by molar-refractivity contribution is -0.119. The summed E-state index contributed by atoms with van der Waals surface area (Å²) in [6.07, 6.45) is 4.35. The third-order valence-corrected chi connectivity index (χ3v) is 7.11. The third kappa shape index (κ3) is 3.04. The molecule has 6 rings (SSSR count). The number of carbonyl (C=O) groups is 1. The summed E-state index contributed by atoms with van der Waals surface area (Å²) < 4.78 is 1.64. The average molecular weight is 448 g/mol. The van der Waals surface area contributed by atoms with Gasteiger partial charge in [0.1, 0.15) is 17.4 Å². The van der Waals surface area contributed by atoms with E-state index in [2.05, 4.69) is 0 Å². The van der Waals surface area contributed by atoms with Gasteiger partial charge in [0.05, 0.1) is 10.9 Å². The molecule has 1 saturated carbocycles. The molecule has 1 aliphatic carbocycles. The first-order valence-electron chi connectivity index (χ1n) is 11.7. The first-order valence-corrected chi connectivity index (χ1v) is 11.7. The van der Waals surface area contributed by atoms with Crippen LogP contribution in [0.3, 0.4) is 0 Å². The summed E-state index contributed by atoms with van der Waals surface area (Å²) in [5, 5.41) is 2.55. The number of aryl methyl sites for hydroxylation is 1. The number of rotatable bonds is 3. The zero-order valence-electron chi connectivity index (χ0n) is 19.0. The molecule has 1 aliphatic heterocycles. The van der Waals surface area contributed by atoms with Crippen molar-refractivity contribution in [1.82, 2.24) is 9.66 Å². The molecule has 0 N–H and O–H groups in total. The third-order valence-electron chi connectivity index (χ3n) is 7.11. The van der Waals surface area contributed by atoms with Crippen LogP contribution >= 0.6 is 0 Å². The molecular weight excluding hydrogens is 422 g/mol. The van der Waals surface area contributed by atoms with Crippen molar-refractivity contribution in [3.05, 3.63) is 118 Å². The molecule has 0 amide bonds. The molecule has 4 aromatic rings. The van der Waals surface area contributed by atoms with E-state index in [0.717, 1.165) is 29.5 Å². The topological polar surface area (TPSA) is 55.0 Å². The summed E-state index contributed by atoms with van der Waals surface area (Å²) in [6, 6.07) is 27.2. The molecule has 3 aromatic carbocycles. The van der Waals surface area contributed by atoms with E-state index in [1.165, 1.54) is 0 Å². The number of benzene rings is 3. The predicted molar refractivity (Wildman–Crippen MR) is 134 cm³/mol. The van der Waals surface area contributed by atoms with Crippen LogP contribution in [0.1, 0.15) is 42.3 Å². The smallest absolute Gasteiger partial charge is 0.280 e.